The third-order valence-corrected chi connectivity index (χ3v) is 4.41. The molecule has 1 heteroatoms. The van der Waals surface area contributed by atoms with Crippen LogP contribution in [0.2, 0.25) is 12.1 Å². The monoisotopic (exact) mass is 200 g/mol. The van der Waals surface area contributed by atoms with Gasteiger partial charge < -0.3 is 0 Å². The van der Waals surface area contributed by atoms with Gasteiger partial charge in [-0.1, -0.05) is 77.3 Å². The first-order valence-electron chi connectivity index (χ1n) is 6.41. The second-order valence-corrected chi connectivity index (χ2v) is 6.60. The van der Waals surface area contributed by atoms with E-state index < -0.39 is 0 Å². The summed E-state index contributed by atoms with van der Waals surface area (Å²) < 4.78 is 0. The Bertz CT molecular complexity index is 71.2. The van der Waals surface area contributed by atoms with Gasteiger partial charge in [0, 0.05) is 9.52 Å². The summed E-state index contributed by atoms with van der Waals surface area (Å²) in [5.41, 5.74) is 0. The van der Waals surface area contributed by atoms with Gasteiger partial charge in [0.2, 0.25) is 0 Å². The summed E-state index contributed by atoms with van der Waals surface area (Å²) in [6.45, 7) is 4.63. The largest absolute Gasteiger partial charge is 0.0683 e. The lowest BCUT2D eigenvalue weighted by Gasteiger charge is -2.00. The predicted molar refractivity (Wildman–Crippen MR) is 66.4 cm³/mol. The first kappa shape index (κ1) is 13.2. The lowest BCUT2D eigenvalue weighted by molar-refractivity contribution is 0.584. The topological polar surface area (TPSA) is 0 Å². The second-order valence-electron chi connectivity index (χ2n) is 4.18. The van der Waals surface area contributed by atoms with Crippen molar-refractivity contribution in [1.82, 2.24) is 0 Å². The zero-order valence-electron chi connectivity index (χ0n) is 9.78. The molecule has 0 aromatic rings. The van der Waals surface area contributed by atoms with E-state index in [9.17, 15) is 0 Å². The van der Waals surface area contributed by atoms with Crippen LogP contribution in [0.1, 0.15) is 65.2 Å². The Morgan fingerprint density at radius 1 is 0.692 bits per heavy atom. The molecule has 0 aliphatic heterocycles. The number of unbranched alkanes of at least 4 members (excludes halogenated alkanes) is 7. The molecular formula is C12H28Si. The van der Waals surface area contributed by atoms with Gasteiger partial charge in [0.15, 0.2) is 0 Å². The molecule has 0 aliphatic carbocycles. The van der Waals surface area contributed by atoms with Crippen molar-refractivity contribution in [3.05, 3.63) is 0 Å². The Labute approximate surface area is 87.3 Å². The summed E-state index contributed by atoms with van der Waals surface area (Å²) in [7, 11) is 0.374. The third kappa shape index (κ3) is 12.2. The van der Waals surface area contributed by atoms with Crippen LogP contribution < -0.4 is 0 Å². The van der Waals surface area contributed by atoms with Crippen LogP contribution in [-0.2, 0) is 0 Å². The highest BCUT2D eigenvalue weighted by molar-refractivity contribution is 6.35. The van der Waals surface area contributed by atoms with Gasteiger partial charge in [0.25, 0.3) is 0 Å². The highest BCUT2D eigenvalue weighted by atomic mass is 28.2. The van der Waals surface area contributed by atoms with E-state index in [1.807, 2.05) is 0 Å². The lowest BCUT2D eigenvalue weighted by Crippen LogP contribution is -1.86. The molecule has 0 aromatic carbocycles. The summed E-state index contributed by atoms with van der Waals surface area (Å²) >= 11 is 0. The molecule has 0 radical (unpaired) electrons. The fourth-order valence-electron chi connectivity index (χ4n) is 1.74. The van der Waals surface area contributed by atoms with Crippen molar-refractivity contribution in [2.24, 2.45) is 0 Å². The lowest BCUT2D eigenvalue weighted by atomic mass is 10.1. The number of hydrogen-bond acceptors (Lipinski definition) is 0. The Balaban J connectivity index is 2.76. The maximum absolute atomic E-state index is 2.34. The van der Waals surface area contributed by atoms with Gasteiger partial charge in [-0.25, -0.2) is 0 Å². The van der Waals surface area contributed by atoms with Gasteiger partial charge in [0.1, 0.15) is 0 Å². The van der Waals surface area contributed by atoms with Gasteiger partial charge >= 0.3 is 0 Å². The molecule has 0 atom stereocenters. The highest BCUT2D eigenvalue weighted by Crippen LogP contribution is 2.09. The maximum atomic E-state index is 2.34. The van der Waals surface area contributed by atoms with Crippen LogP contribution in [0.5, 0.6) is 0 Å². The number of rotatable bonds is 10. The SMILES string of the molecule is CCCCCCCCCC[SiH2]CC. The van der Waals surface area contributed by atoms with Crippen molar-refractivity contribution in [2.45, 2.75) is 77.3 Å². The molecule has 0 spiro atoms. The van der Waals surface area contributed by atoms with Crippen molar-refractivity contribution in [2.75, 3.05) is 0 Å². The van der Waals surface area contributed by atoms with E-state index >= 15 is 0 Å². The zero-order chi connectivity index (χ0) is 9.78. The van der Waals surface area contributed by atoms with E-state index in [1.54, 1.807) is 6.04 Å². The minimum atomic E-state index is 0.374. The van der Waals surface area contributed by atoms with Crippen LogP contribution in [0.15, 0.2) is 0 Å². The van der Waals surface area contributed by atoms with Crippen molar-refractivity contribution in [1.29, 1.82) is 0 Å². The Morgan fingerprint density at radius 3 is 1.77 bits per heavy atom. The highest BCUT2D eigenvalue weighted by Gasteiger charge is 1.91. The fourth-order valence-corrected chi connectivity index (χ4v) is 2.94. The quantitative estimate of drug-likeness (QED) is 0.367. The average molecular weight is 200 g/mol. The summed E-state index contributed by atoms with van der Waals surface area (Å²) in [4.78, 5) is 0. The fraction of sp³-hybridized carbons (Fsp3) is 1.00. The van der Waals surface area contributed by atoms with Crippen molar-refractivity contribution in [3.63, 3.8) is 0 Å². The molecule has 0 heterocycles. The van der Waals surface area contributed by atoms with E-state index in [1.165, 1.54) is 57.4 Å². The minimum Gasteiger partial charge on any atom is -0.0683 e. The van der Waals surface area contributed by atoms with Gasteiger partial charge in [0.05, 0.1) is 0 Å². The predicted octanol–water partition coefficient (Wildman–Crippen LogP) is 4.15. The molecule has 0 aliphatic rings. The average Bonchev–Trinajstić information content (AvgIpc) is 2.16. The van der Waals surface area contributed by atoms with Crippen LogP contribution >= 0.6 is 0 Å². The normalized spacial score (nSPS) is 11.5. The third-order valence-electron chi connectivity index (χ3n) is 2.71. The van der Waals surface area contributed by atoms with Crippen LogP contribution in [0, 0.1) is 0 Å². The van der Waals surface area contributed by atoms with Crippen molar-refractivity contribution < 1.29 is 0 Å². The summed E-state index contributed by atoms with van der Waals surface area (Å²) in [5, 5.41) is 0. The molecule has 0 amide bonds. The molecular weight excluding hydrogens is 172 g/mol. The molecule has 0 aromatic heterocycles. The van der Waals surface area contributed by atoms with Crippen LogP contribution in [0.4, 0.5) is 0 Å². The first-order valence-corrected chi connectivity index (χ1v) is 8.41. The molecule has 13 heavy (non-hydrogen) atoms. The summed E-state index contributed by atoms with van der Waals surface area (Å²) in [6, 6.07) is 3.11. The Kier molecular flexibility index (Phi) is 12.4. The van der Waals surface area contributed by atoms with E-state index in [-0.39, 0.29) is 0 Å². The van der Waals surface area contributed by atoms with Gasteiger partial charge in [-0.05, 0) is 0 Å². The van der Waals surface area contributed by atoms with E-state index in [4.69, 9.17) is 0 Å². The molecule has 0 N–H and O–H groups in total. The Morgan fingerprint density at radius 2 is 1.23 bits per heavy atom. The maximum Gasteiger partial charge on any atom is 0.0195 e. The molecule has 80 valence electrons. The smallest absolute Gasteiger partial charge is 0.0195 e. The van der Waals surface area contributed by atoms with Crippen LogP contribution in [0.3, 0.4) is 0 Å². The van der Waals surface area contributed by atoms with Gasteiger partial charge in [-0.3, -0.25) is 0 Å². The van der Waals surface area contributed by atoms with Crippen molar-refractivity contribution in [3.8, 4) is 0 Å². The summed E-state index contributed by atoms with van der Waals surface area (Å²) in [6.07, 6.45) is 11.8. The molecule has 0 rings (SSSR count). The summed E-state index contributed by atoms with van der Waals surface area (Å²) in [5.74, 6) is 0. The van der Waals surface area contributed by atoms with Crippen LogP contribution in [0.25, 0.3) is 0 Å². The van der Waals surface area contributed by atoms with E-state index in [0.29, 0.717) is 9.52 Å². The van der Waals surface area contributed by atoms with Crippen molar-refractivity contribution >= 4 is 9.52 Å². The zero-order valence-corrected chi connectivity index (χ0v) is 11.2. The number of hydrogen-bond donors (Lipinski definition) is 0. The van der Waals surface area contributed by atoms with Gasteiger partial charge in [-0.2, -0.15) is 0 Å². The molecule has 0 saturated carbocycles. The van der Waals surface area contributed by atoms with Gasteiger partial charge in [-0.15, -0.1) is 0 Å². The molecule has 0 bridgehead atoms. The van der Waals surface area contributed by atoms with E-state index in [0.717, 1.165) is 0 Å². The van der Waals surface area contributed by atoms with E-state index in [2.05, 4.69) is 13.8 Å². The molecule has 0 fully saturated rings. The van der Waals surface area contributed by atoms with Crippen LogP contribution in [-0.4, -0.2) is 9.52 Å². The molecule has 0 nitrogen and oxygen atoms in total. The minimum absolute atomic E-state index is 0.374. The first-order chi connectivity index (χ1) is 6.41. The standard InChI is InChI=1S/C12H28Si/c1-3-5-6-7-8-9-10-11-12-13-4-2/h3-13H2,1-2H3. The Hall–Kier alpha value is 0.217. The molecule has 0 unspecified atom stereocenters. The second kappa shape index (κ2) is 12.2. The molecule has 0 saturated heterocycles.